The van der Waals surface area contributed by atoms with E-state index in [2.05, 4.69) is 58.1 Å². The van der Waals surface area contributed by atoms with E-state index in [0.717, 1.165) is 53.3 Å². The average Bonchev–Trinajstić information content (AvgIpc) is 2.71. The van der Waals surface area contributed by atoms with Gasteiger partial charge in [0.25, 0.3) is 0 Å². The zero-order chi connectivity index (χ0) is 20.7. The Kier molecular flexibility index (Phi) is 8.09. The summed E-state index contributed by atoms with van der Waals surface area (Å²) in [5.41, 5.74) is 3.97. The van der Waals surface area contributed by atoms with Crippen LogP contribution in [-0.2, 0) is 6.42 Å². The van der Waals surface area contributed by atoms with E-state index < -0.39 is 0 Å². The summed E-state index contributed by atoms with van der Waals surface area (Å²) in [6.45, 7) is 13.2. The summed E-state index contributed by atoms with van der Waals surface area (Å²) >= 11 is 0. The first-order chi connectivity index (χ1) is 13.5. The molecule has 154 valence electrons. The Morgan fingerprint density at radius 2 is 1.75 bits per heavy atom. The Morgan fingerprint density at radius 1 is 1.04 bits per heavy atom. The smallest absolute Gasteiger partial charge is 0.223 e. The summed E-state index contributed by atoms with van der Waals surface area (Å²) in [5.74, 6) is 2.54. The molecule has 0 aliphatic rings. The lowest BCUT2D eigenvalue weighted by molar-refractivity contribution is 0.193. The molecule has 0 unspecified atom stereocenters. The molecule has 0 saturated heterocycles. The van der Waals surface area contributed by atoms with Gasteiger partial charge in [-0.2, -0.15) is 0 Å². The summed E-state index contributed by atoms with van der Waals surface area (Å²) < 4.78 is 12.1. The van der Waals surface area contributed by atoms with E-state index >= 15 is 0 Å². The van der Waals surface area contributed by atoms with Crippen LogP contribution in [0.1, 0.15) is 71.6 Å². The second-order valence-corrected chi connectivity index (χ2v) is 7.18. The van der Waals surface area contributed by atoms with Crippen molar-refractivity contribution in [3.05, 3.63) is 29.5 Å². The highest BCUT2D eigenvalue weighted by molar-refractivity contribution is 5.72. The van der Waals surface area contributed by atoms with Gasteiger partial charge in [-0.15, -0.1) is 0 Å². The van der Waals surface area contributed by atoms with Crippen molar-refractivity contribution in [1.29, 1.82) is 0 Å². The highest BCUT2D eigenvalue weighted by Gasteiger charge is 2.19. The molecule has 0 aliphatic carbocycles. The minimum Gasteiger partial charge on any atom is -0.487 e. The van der Waals surface area contributed by atoms with Gasteiger partial charge in [0.2, 0.25) is 5.88 Å². The fraction of sp³-hybridized carbons (Fsp3) is 0.565. The summed E-state index contributed by atoms with van der Waals surface area (Å²) in [4.78, 5) is 9.67. The topological polar surface area (TPSA) is 56.3 Å². The van der Waals surface area contributed by atoms with Crippen molar-refractivity contribution < 1.29 is 9.47 Å². The summed E-state index contributed by atoms with van der Waals surface area (Å²) in [5, 5.41) is 3.19. The van der Waals surface area contributed by atoms with Gasteiger partial charge in [-0.25, -0.2) is 9.97 Å². The molecular weight excluding hydrogens is 350 g/mol. The van der Waals surface area contributed by atoms with Crippen LogP contribution < -0.4 is 14.8 Å². The SMILES string of the molecule is CCOc1nc(C(C)C)ccc1-c1nc(NC)c(OC(CC)CC)cc1CC. The number of nitrogens with one attached hydrogen (secondary N) is 1. The van der Waals surface area contributed by atoms with Crippen LogP contribution in [0.3, 0.4) is 0 Å². The number of aryl methyl sites for hydroxylation is 1. The summed E-state index contributed by atoms with van der Waals surface area (Å²) in [6, 6.07) is 6.26. The van der Waals surface area contributed by atoms with Gasteiger partial charge in [-0.3, -0.25) is 0 Å². The third-order valence-corrected chi connectivity index (χ3v) is 4.90. The van der Waals surface area contributed by atoms with Crippen LogP contribution >= 0.6 is 0 Å². The minimum atomic E-state index is 0.190. The van der Waals surface area contributed by atoms with Crippen molar-refractivity contribution in [2.75, 3.05) is 19.0 Å². The average molecular weight is 386 g/mol. The van der Waals surface area contributed by atoms with Crippen LogP contribution in [0, 0.1) is 0 Å². The predicted octanol–water partition coefficient (Wildman–Crippen LogP) is 5.84. The Balaban J connectivity index is 2.59. The molecule has 0 radical (unpaired) electrons. The predicted molar refractivity (Wildman–Crippen MR) is 117 cm³/mol. The fourth-order valence-electron chi connectivity index (χ4n) is 3.14. The second kappa shape index (κ2) is 10.3. The van der Waals surface area contributed by atoms with Crippen molar-refractivity contribution >= 4 is 5.82 Å². The van der Waals surface area contributed by atoms with E-state index in [-0.39, 0.29) is 6.10 Å². The van der Waals surface area contributed by atoms with Crippen LogP contribution in [0.25, 0.3) is 11.3 Å². The van der Waals surface area contributed by atoms with Crippen LogP contribution in [-0.4, -0.2) is 29.7 Å². The largest absolute Gasteiger partial charge is 0.487 e. The first-order valence-corrected chi connectivity index (χ1v) is 10.5. The Morgan fingerprint density at radius 3 is 2.29 bits per heavy atom. The number of aromatic nitrogens is 2. The number of nitrogens with zero attached hydrogens (tertiary/aromatic N) is 2. The molecule has 0 fully saturated rings. The number of pyridine rings is 2. The van der Waals surface area contributed by atoms with Crippen LogP contribution in [0.15, 0.2) is 18.2 Å². The molecule has 28 heavy (non-hydrogen) atoms. The van der Waals surface area contributed by atoms with Crippen LogP contribution in [0.5, 0.6) is 11.6 Å². The Bertz CT molecular complexity index is 771. The molecule has 5 heteroatoms. The number of rotatable bonds is 10. The monoisotopic (exact) mass is 385 g/mol. The molecule has 2 rings (SSSR count). The van der Waals surface area contributed by atoms with Crippen molar-refractivity contribution in [3.8, 4) is 22.9 Å². The molecular formula is C23H35N3O2. The summed E-state index contributed by atoms with van der Waals surface area (Å²) in [6.07, 6.45) is 2.98. The molecule has 2 heterocycles. The zero-order valence-corrected chi connectivity index (χ0v) is 18.4. The second-order valence-electron chi connectivity index (χ2n) is 7.18. The Hall–Kier alpha value is -2.30. The first kappa shape index (κ1) is 22.0. The van der Waals surface area contributed by atoms with Gasteiger partial charge < -0.3 is 14.8 Å². The maximum atomic E-state index is 6.22. The van der Waals surface area contributed by atoms with Gasteiger partial charge in [0.05, 0.1) is 24.0 Å². The number of hydrogen-bond donors (Lipinski definition) is 1. The third kappa shape index (κ3) is 4.94. The molecule has 5 nitrogen and oxygen atoms in total. The quantitative estimate of drug-likeness (QED) is 0.557. The van der Waals surface area contributed by atoms with Crippen LogP contribution in [0.2, 0.25) is 0 Å². The van der Waals surface area contributed by atoms with E-state index in [0.29, 0.717) is 18.4 Å². The lowest BCUT2D eigenvalue weighted by Crippen LogP contribution is -2.15. The Labute approximate surface area is 169 Å². The van der Waals surface area contributed by atoms with Gasteiger partial charge in [0.15, 0.2) is 11.6 Å². The van der Waals surface area contributed by atoms with Gasteiger partial charge in [-0.05, 0) is 55.9 Å². The molecule has 0 aliphatic heterocycles. The van der Waals surface area contributed by atoms with Crippen molar-refractivity contribution in [2.24, 2.45) is 0 Å². The van der Waals surface area contributed by atoms with Crippen molar-refractivity contribution in [1.82, 2.24) is 9.97 Å². The molecule has 0 amide bonds. The highest BCUT2D eigenvalue weighted by atomic mass is 16.5. The first-order valence-electron chi connectivity index (χ1n) is 10.5. The van der Waals surface area contributed by atoms with Crippen molar-refractivity contribution in [2.45, 2.75) is 72.8 Å². The van der Waals surface area contributed by atoms with Gasteiger partial charge in [-0.1, -0.05) is 34.6 Å². The third-order valence-electron chi connectivity index (χ3n) is 4.90. The zero-order valence-electron chi connectivity index (χ0n) is 18.4. The molecule has 2 aromatic rings. The van der Waals surface area contributed by atoms with Gasteiger partial charge in [0.1, 0.15) is 0 Å². The van der Waals surface area contributed by atoms with Crippen LogP contribution in [0.4, 0.5) is 5.82 Å². The maximum absolute atomic E-state index is 6.22. The van der Waals surface area contributed by atoms with E-state index in [1.165, 1.54) is 0 Å². The maximum Gasteiger partial charge on any atom is 0.223 e. The minimum absolute atomic E-state index is 0.190. The van der Waals surface area contributed by atoms with Gasteiger partial charge in [0, 0.05) is 12.7 Å². The normalized spacial score (nSPS) is 11.2. The molecule has 0 saturated carbocycles. The number of ether oxygens (including phenoxy) is 2. The highest BCUT2D eigenvalue weighted by Crippen LogP contribution is 2.36. The molecule has 1 N–H and O–H groups in total. The molecule has 0 bridgehead atoms. The van der Waals surface area contributed by atoms with Crippen molar-refractivity contribution in [3.63, 3.8) is 0 Å². The number of anilines is 1. The molecule has 0 spiro atoms. The standard InChI is InChI=1S/C23H35N3O2/c1-8-16-14-20(28-17(9-2)10-3)22(24-7)26-21(16)18-12-13-19(15(5)6)25-23(18)27-11-4/h12-15,17H,8-11H2,1-7H3,(H,24,26). The molecule has 0 aromatic carbocycles. The molecule has 2 aromatic heterocycles. The van der Waals surface area contributed by atoms with E-state index in [9.17, 15) is 0 Å². The van der Waals surface area contributed by atoms with E-state index in [1.54, 1.807) is 0 Å². The molecule has 0 atom stereocenters. The van der Waals surface area contributed by atoms with E-state index in [4.69, 9.17) is 19.4 Å². The number of hydrogen-bond acceptors (Lipinski definition) is 5. The summed E-state index contributed by atoms with van der Waals surface area (Å²) in [7, 11) is 1.88. The lowest BCUT2D eigenvalue weighted by Gasteiger charge is -2.21. The van der Waals surface area contributed by atoms with Gasteiger partial charge >= 0.3 is 0 Å². The fourth-order valence-corrected chi connectivity index (χ4v) is 3.14. The van der Waals surface area contributed by atoms with E-state index in [1.807, 2.05) is 14.0 Å². The lowest BCUT2D eigenvalue weighted by atomic mass is 10.0.